The maximum Gasteiger partial charge on any atom is 0.580 e. The van der Waals surface area contributed by atoms with E-state index in [4.69, 9.17) is 4.65 Å². The summed E-state index contributed by atoms with van der Waals surface area (Å²) in [5.41, 5.74) is 0.461. The zero-order valence-corrected chi connectivity index (χ0v) is 7.95. The van der Waals surface area contributed by atoms with Gasteiger partial charge in [-0.05, 0) is 24.3 Å². The summed E-state index contributed by atoms with van der Waals surface area (Å²) in [6.07, 6.45) is 3.20. The molecule has 0 aliphatic carbocycles. The van der Waals surface area contributed by atoms with Gasteiger partial charge in [-0.2, -0.15) is 0 Å². The first-order valence-electron chi connectivity index (χ1n) is 4.53. The molecule has 2 aromatic rings. The van der Waals surface area contributed by atoms with Crippen LogP contribution in [0.3, 0.4) is 0 Å². The first-order chi connectivity index (χ1) is 7.36. The highest BCUT2D eigenvalue weighted by Gasteiger charge is 2.20. The Balaban J connectivity index is 2.08. The summed E-state index contributed by atoms with van der Waals surface area (Å²) < 4.78 is 5.18. The zero-order chi connectivity index (χ0) is 10.5. The Morgan fingerprint density at radius 1 is 1.00 bits per heavy atom. The van der Waals surface area contributed by atoms with Crippen molar-refractivity contribution in [3.8, 4) is 5.88 Å². The Morgan fingerprint density at radius 3 is 2.33 bits per heavy atom. The smallest absolute Gasteiger partial charge is 0.517 e. The van der Waals surface area contributed by atoms with E-state index in [0.29, 0.717) is 11.5 Å². The zero-order valence-electron chi connectivity index (χ0n) is 7.95. The van der Waals surface area contributed by atoms with Crippen molar-refractivity contribution in [3.05, 3.63) is 48.8 Å². The van der Waals surface area contributed by atoms with Gasteiger partial charge in [-0.25, -0.2) is 4.98 Å². The van der Waals surface area contributed by atoms with E-state index in [2.05, 4.69) is 9.97 Å². The molecule has 74 valence electrons. The van der Waals surface area contributed by atoms with Crippen LogP contribution in [0.15, 0.2) is 48.8 Å². The topological polar surface area (TPSA) is 55.2 Å². The Hall–Kier alpha value is -1.88. The molecule has 0 amide bonds. The van der Waals surface area contributed by atoms with Crippen LogP contribution in [0.25, 0.3) is 0 Å². The van der Waals surface area contributed by atoms with E-state index >= 15 is 0 Å². The maximum absolute atomic E-state index is 9.65. The van der Waals surface area contributed by atoms with Crippen LogP contribution in [0.1, 0.15) is 0 Å². The van der Waals surface area contributed by atoms with E-state index in [1.165, 1.54) is 0 Å². The van der Waals surface area contributed by atoms with Gasteiger partial charge in [0.05, 0.1) is 5.59 Å². The Labute approximate surface area is 87.7 Å². The van der Waals surface area contributed by atoms with Gasteiger partial charge in [0.25, 0.3) is 0 Å². The summed E-state index contributed by atoms with van der Waals surface area (Å²) in [6, 6.07) is 10.5. The predicted octanol–water partition coefficient (Wildman–Crippen LogP) is 0.243. The van der Waals surface area contributed by atoms with Gasteiger partial charge in [0.15, 0.2) is 5.88 Å². The van der Waals surface area contributed by atoms with Crippen molar-refractivity contribution in [3.63, 3.8) is 0 Å². The predicted molar refractivity (Wildman–Crippen MR) is 56.7 cm³/mol. The molecule has 2 rings (SSSR count). The quantitative estimate of drug-likeness (QED) is 0.721. The van der Waals surface area contributed by atoms with Crippen molar-refractivity contribution in [1.29, 1.82) is 0 Å². The minimum atomic E-state index is -1.08. The number of nitrogens with zero attached hydrogens (tertiary/aromatic N) is 2. The fourth-order valence-electron chi connectivity index (χ4n) is 1.11. The summed E-state index contributed by atoms with van der Waals surface area (Å²) in [5, 5.41) is 9.65. The lowest BCUT2D eigenvalue weighted by Crippen LogP contribution is -2.38. The molecule has 0 saturated carbocycles. The van der Waals surface area contributed by atoms with Crippen LogP contribution in [-0.4, -0.2) is 22.1 Å². The van der Waals surface area contributed by atoms with Crippen LogP contribution >= 0.6 is 0 Å². The molecule has 0 fully saturated rings. The van der Waals surface area contributed by atoms with Crippen LogP contribution in [0.2, 0.25) is 0 Å². The molecular weight excluding hydrogens is 191 g/mol. The van der Waals surface area contributed by atoms with E-state index in [-0.39, 0.29) is 0 Å². The van der Waals surface area contributed by atoms with Gasteiger partial charge in [-0.1, -0.05) is 12.1 Å². The SMILES string of the molecule is OB(Oc1ccccn1)c1ccccn1. The molecule has 0 aliphatic heterocycles. The minimum Gasteiger partial charge on any atom is -0.517 e. The van der Waals surface area contributed by atoms with Crippen LogP contribution in [0, 0.1) is 0 Å². The molecule has 0 radical (unpaired) electrons. The molecule has 0 saturated heterocycles. The fourth-order valence-corrected chi connectivity index (χ4v) is 1.11. The molecule has 5 heteroatoms. The second kappa shape index (κ2) is 4.57. The van der Waals surface area contributed by atoms with Gasteiger partial charge >= 0.3 is 7.12 Å². The third kappa shape index (κ3) is 2.54. The van der Waals surface area contributed by atoms with Crippen molar-refractivity contribution in [2.45, 2.75) is 0 Å². The van der Waals surface area contributed by atoms with Gasteiger partial charge in [0, 0.05) is 12.4 Å². The lowest BCUT2D eigenvalue weighted by molar-refractivity contribution is 0.421. The van der Waals surface area contributed by atoms with Gasteiger partial charge in [-0.15, -0.1) is 0 Å². The van der Waals surface area contributed by atoms with Crippen molar-refractivity contribution in [1.82, 2.24) is 9.97 Å². The summed E-state index contributed by atoms with van der Waals surface area (Å²) in [4.78, 5) is 7.91. The molecule has 0 aliphatic rings. The standard InChI is InChI=1S/C10H9BN2O2/c14-11(9-5-1-3-7-12-9)15-10-6-2-4-8-13-10/h1-8,14H. The molecule has 2 heterocycles. The molecule has 0 unspecified atom stereocenters. The first kappa shape index (κ1) is 9.67. The van der Waals surface area contributed by atoms with Crippen molar-refractivity contribution >= 4 is 12.7 Å². The minimum absolute atomic E-state index is 0.371. The number of rotatable bonds is 3. The number of hydrogen-bond acceptors (Lipinski definition) is 4. The Morgan fingerprint density at radius 2 is 1.73 bits per heavy atom. The molecule has 2 aromatic heterocycles. The number of hydrogen-bond donors (Lipinski definition) is 1. The number of pyridine rings is 2. The Kier molecular flexibility index (Phi) is 2.95. The van der Waals surface area contributed by atoms with Crippen LogP contribution in [0.5, 0.6) is 5.88 Å². The highest BCUT2D eigenvalue weighted by Crippen LogP contribution is 2.03. The van der Waals surface area contributed by atoms with E-state index in [0.717, 1.165) is 0 Å². The van der Waals surface area contributed by atoms with Crippen molar-refractivity contribution in [2.75, 3.05) is 0 Å². The van der Waals surface area contributed by atoms with Crippen LogP contribution in [0.4, 0.5) is 0 Å². The largest absolute Gasteiger partial charge is 0.580 e. The van der Waals surface area contributed by atoms with E-state index in [9.17, 15) is 5.02 Å². The van der Waals surface area contributed by atoms with Gasteiger partial charge in [0.2, 0.25) is 0 Å². The normalized spacial score (nSPS) is 9.67. The average Bonchev–Trinajstić information content (AvgIpc) is 2.31. The van der Waals surface area contributed by atoms with E-state index in [1.54, 1.807) is 48.8 Å². The van der Waals surface area contributed by atoms with Crippen molar-refractivity contribution in [2.24, 2.45) is 0 Å². The molecule has 0 spiro atoms. The third-order valence-corrected chi connectivity index (χ3v) is 1.81. The highest BCUT2D eigenvalue weighted by atomic mass is 16.5. The summed E-state index contributed by atoms with van der Waals surface area (Å²) in [7, 11) is -1.08. The molecule has 0 aromatic carbocycles. The van der Waals surface area contributed by atoms with E-state index in [1.807, 2.05) is 0 Å². The number of aromatic nitrogens is 2. The van der Waals surface area contributed by atoms with Gasteiger partial charge < -0.3 is 9.68 Å². The molecule has 0 atom stereocenters. The van der Waals surface area contributed by atoms with Gasteiger partial charge in [0.1, 0.15) is 0 Å². The molecular formula is C10H9BN2O2. The lowest BCUT2D eigenvalue weighted by atomic mass is 9.85. The third-order valence-electron chi connectivity index (χ3n) is 1.81. The second-order valence-electron chi connectivity index (χ2n) is 2.89. The van der Waals surface area contributed by atoms with Crippen LogP contribution < -0.4 is 10.2 Å². The average molecular weight is 200 g/mol. The fraction of sp³-hybridized carbons (Fsp3) is 0. The van der Waals surface area contributed by atoms with Crippen LogP contribution in [-0.2, 0) is 0 Å². The molecule has 0 bridgehead atoms. The Bertz CT molecular complexity index is 410. The maximum atomic E-state index is 9.65. The van der Waals surface area contributed by atoms with E-state index < -0.39 is 7.12 Å². The summed E-state index contributed by atoms with van der Waals surface area (Å²) >= 11 is 0. The first-order valence-corrected chi connectivity index (χ1v) is 4.53. The van der Waals surface area contributed by atoms with Gasteiger partial charge in [-0.3, -0.25) is 4.98 Å². The summed E-state index contributed by atoms with van der Waals surface area (Å²) in [6.45, 7) is 0. The molecule has 4 nitrogen and oxygen atoms in total. The second-order valence-corrected chi connectivity index (χ2v) is 2.89. The summed E-state index contributed by atoms with van der Waals surface area (Å²) in [5.74, 6) is 0.371. The monoisotopic (exact) mass is 200 g/mol. The highest BCUT2D eigenvalue weighted by molar-refractivity contribution is 6.59. The molecule has 1 N–H and O–H groups in total. The molecule has 15 heavy (non-hydrogen) atoms. The van der Waals surface area contributed by atoms with Crippen molar-refractivity contribution < 1.29 is 9.68 Å². The lowest BCUT2D eigenvalue weighted by Gasteiger charge is -2.07.